The lowest BCUT2D eigenvalue weighted by Crippen LogP contribution is -2.26. The molecule has 1 amide bonds. The van der Waals surface area contributed by atoms with Crippen molar-refractivity contribution in [2.75, 3.05) is 18.6 Å². The first-order valence-corrected chi connectivity index (χ1v) is 6.48. The third-order valence-electron chi connectivity index (χ3n) is 2.64. The Labute approximate surface area is 114 Å². The van der Waals surface area contributed by atoms with Gasteiger partial charge in [-0.25, -0.2) is 0 Å². The third-order valence-corrected chi connectivity index (χ3v) is 2.64. The van der Waals surface area contributed by atoms with Gasteiger partial charge in [-0.2, -0.15) is 0 Å². The highest BCUT2D eigenvalue weighted by molar-refractivity contribution is 5.94. The van der Waals surface area contributed by atoms with Crippen molar-refractivity contribution < 1.29 is 14.3 Å². The van der Waals surface area contributed by atoms with E-state index in [0.717, 1.165) is 5.69 Å². The van der Waals surface area contributed by atoms with Gasteiger partial charge in [0.05, 0.1) is 13.0 Å². The van der Waals surface area contributed by atoms with Gasteiger partial charge in [0.2, 0.25) is 5.91 Å². The molecule has 1 aromatic carbocycles. The van der Waals surface area contributed by atoms with Gasteiger partial charge in [-0.15, -0.1) is 0 Å². The first-order chi connectivity index (χ1) is 9.00. The molecule has 4 nitrogen and oxygen atoms in total. The lowest BCUT2D eigenvalue weighted by molar-refractivity contribution is -0.145. The summed E-state index contributed by atoms with van der Waals surface area (Å²) in [6.45, 7) is 4.35. The van der Waals surface area contributed by atoms with Gasteiger partial charge < -0.3 is 9.64 Å². The number of ether oxygens (including phenoxy) is 1. The number of rotatable bonds is 6. The summed E-state index contributed by atoms with van der Waals surface area (Å²) >= 11 is 0. The van der Waals surface area contributed by atoms with Crippen molar-refractivity contribution in [3.63, 3.8) is 0 Å². The van der Waals surface area contributed by atoms with E-state index in [1.54, 1.807) is 11.9 Å². The van der Waals surface area contributed by atoms with E-state index in [9.17, 15) is 9.59 Å². The second kappa shape index (κ2) is 7.56. The van der Waals surface area contributed by atoms with E-state index in [2.05, 4.69) is 0 Å². The molecule has 1 rings (SSSR count). The van der Waals surface area contributed by atoms with Gasteiger partial charge in [-0.1, -0.05) is 32.0 Å². The molecule has 1 aromatic rings. The number of amides is 1. The van der Waals surface area contributed by atoms with Crippen LogP contribution in [0.5, 0.6) is 0 Å². The fraction of sp³-hybridized carbons (Fsp3) is 0.467. The number of anilines is 1. The van der Waals surface area contributed by atoms with Gasteiger partial charge in [-0.3, -0.25) is 9.59 Å². The van der Waals surface area contributed by atoms with Crippen LogP contribution in [0.15, 0.2) is 30.3 Å². The predicted octanol–water partition coefficient (Wildman–Crippen LogP) is 2.63. The molecule has 0 unspecified atom stereocenters. The zero-order chi connectivity index (χ0) is 14.3. The second-order valence-electron chi connectivity index (χ2n) is 4.87. The van der Waals surface area contributed by atoms with Gasteiger partial charge in [0, 0.05) is 19.2 Å². The summed E-state index contributed by atoms with van der Waals surface area (Å²) in [5.74, 6) is -0.0946. The van der Waals surface area contributed by atoms with Crippen LogP contribution in [0, 0.1) is 5.92 Å². The first kappa shape index (κ1) is 15.2. The fourth-order valence-electron chi connectivity index (χ4n) is 1.50. The molecule has 0 aliphatic rings. The monoisotopic (exact) mass is 263 g/mol. The van der Waals surface area contributed by atoms with Crippen LogP contribution in [0.25, 0.3) is 0 Å². The SMILES string of the molecule is CC(C)COC(=O)CCC(=O)N(C)c1ccccc1. The number of nitrogens with zero attached hydrogens (tertiary/aromatic N) is 1. The maximum absolute atomic E-state index is 11.9. The molecule has 0 aliphatic heterocycles. The number of para-hydroxylation sites is 1. The van der Waals surface area contributed by atoms with E-state index >= 15 is 0 Å². The van der Waals surface area contributed by atoms with Crippen molar-refractivity contribution >= 4 is 17.6 Å². The van der Waals surface area contributed by atoms with Crippen molar-refractivity contribution in [1.29, 1.82) is 0 Å². The molecule has 0 aliphatic carbocycles. The van der Waals surface area contributed by atoms with Crippen molar-refractivity contribution in [3.05, 3.63) is 30.3 Å². The minimum absolute atomic E-state index is 0.0901. The third kappa shape index (κ3) is 5.55. The van der Waals surface area contributed by atoms with Gasteiger partial charge in [0.25, 0.3) is 0 Å². The Morgan fingerprint density at radius 3 is 2.37 bits per heavy atom. The summed E-state index contributed by atoms with van der Waals surface area (Å²) in [6, 6.07) is 9.35. The number of hydrogen-bond acceptors (Lipinski definition) is 3. The zero-order valence-corrected chi connectivity index (χ0v) is 11.8. The normalized spacial score (nSPS) is 10.3. The number of carbonyl (C=O) groups excluding carboxylic acids is 2. The van der Waals surface area contributed by atoms with Crippen LogP contribution in [0.3, 0.4) is 0 Å². The standard InChI is InChI=1S/C15H21NO3/c1-12(2)11-19-15(18)10-9-14(17)16(3)13-7-5-4-6-8-13/h4-8,12H,9-11H2,1-3H3. The topological polar surface area (TPSA) is 46.6 Å². The van der Waals surface area contributed by atoms with Crippen LogP contribution >= 0.6 is 0 Å². The Balaban J connectivity index is 2.37. The highest BCUT2D eigenvalue weighted by Gasteiger charge is 2.13. The van der Waals surface area contributed by atoms with Gasteiger partial charge in [0.15, 0.2) is 0 Å². The molecule has 0 atom stereocenters. The van der Waals surface area contributed by atoms with Crippen LogP contribution in [0.2, 0.25) is 0 Å². The van der Waals surface area contributed by atoms with E-state index in [1.807, 2.05) is 44.2 Å². The number of hydrogen-bond donors (Lipinski definition) is 0. The van der Waals surface area contributed by atoms with E-state index in [0.29, 0.717) is 12.5 Å². The second-order valence-corrected chi connectivity index (χ2v) is 4.87. The maximum Gasteiger partial charge on any atom is 0.306 e. The molecule has 4 heteroatoms. The highest BCUT2D eigenvalue weighted by Crippen LogP contribution is 2.12. The van der Waals surface area contributed by atoms with Crippen molar-refractivity contribution in [1.82, 2.24) is 0 Å². The van der Waals surface area contributed by atoms with Crippen molar-refractivity contribution in [3.8, 4) is 0 Å². The van der Waals surface area contributed by atoms with Crippen molar-refractivity contribution in [2.45, 2.75) is 26.7 Å². The van der Waals surface area contributed by atoms with Crippen molar-refractivity contribution in [2.24, 2.45) is 5.92 Å². The first-order valence-electron chi connectivity index (χ1n) is 6.48. The Morgan fingerprint density at radius 1 is 1.16 bits per heavy atom. The average Bonchev–Trinajstić information content (AvgIpc) is 2.42. The summed E-state index contributed by atoms with van der Waals surface area (Å²) in [7, 11) is 1.71. The lowest BCUT2D eigenvalue weighted by Gasteiger charge is -2.17. The molecule has 0 fully saturated rings. The lowest BCUT2D eigenvalue weighted by atomic mass is 10.2. The minimum Gasteiger partial charge on any atom is -0.465 e. The molecule has 0 saturated carbocycles. The Bertz CT molecular complexity index is 415. The quantitative estimate of drug-likeness (QED) is 0.741. The predicted molar refractivity (Wildman–Crippen MR) is 74.9 cm³/mol. The summed E-state index contributed by atoms with van der Waals surface area (Å²) in [6.07, 6.45) is 0.297. The molecular formula is C15H21NO3. The summed E-state index contributed by atoms with van der Waals surface area (Å²) < 4.78 is 5.03. The van der Waals surface area contributed by atoms with Gasteiger partial charge in [0.1, 0.15) is 0 Å². The smallest absolute Gasteiger partial charge is 0.306 e. The van der Waals surface area contributed by atoms with E-state index in [-0.39, 0.29) is 24.7 Å². The molecule has 0 N–H and O–H groups in total. The summed E-state index contributed by atoms with van der Waals surface area (Å²) in [4.78, 5) is 24.9. The average molecular weight is 263 g/mol. The molecule has 0 aromatic heterocycles. The van der Waals surface area contributed by atoms with E-state index < -0.39 is 0 Å². The largest absolute Gasteiger partial charge is 0.465 e. The molecule has 0 heterocycles. The summed E-state index contributed by atoms with van der Waals surface area (Å²) in [5.41, 5.74) is 0.822. The molecule has 0 bridgehead atoms. The zero-order valence-electron chi connectivity index (χ0n) is 11.8. The molecule has 19 heavy (non-hydrogen) atoms. The summed E-state index contributed by atoms with van der Waals surface area (Å²) in [5, 5.41) is 0. The molecule has 0 saturated heterocycles. The van der Waals surface area contributed by atoms with Gasteiger partial charge >= 0.3 is 5.97 Å². The molecule has 104 valence electrons. The highest BCUT2D eigenvalue weighted by atomic mass is 16.5. The molecular weight excluding hydrogens is 242 g/mol. The molecule has 0 radical (unpaired) electrons. The van der Waals surface area contributed by atoms with Crippen LogP contribution in [-0.2, 0) is 14.3 Å². The van der Waals surface area contributed by atoms with E-state index in [4.69, 9.17) is 4.74 Å². The number of carbonyl (C=O) groups is 2. The Hall–Kier alpha value is -1.84. The van der Waals surface area contributed by atoms with Gasteiger partial charge in [-0.05, 0) is 18.1 Å². The van der Waals surface area contributed by atoms with E-state index in [1.165, 1.54) is 0 Å². The minimum atomic E-state index is -0.316. The maximum atomic E-state index is 11.9. The number of esters is 1. The fourth-order valence-corrected chi connectivity index (χ4v) is 1.50. The Morgan fingerprint density at radius 2 is 1.79 bits per heavy atom. The number of benzene rings is 1. The van der Waals surface area contributed by atoms with Crippen LogP contribution < -0.4 is 4.90 Å². The Kier molecular flexibility index (Phi) is 6.06. The van der Waals surface area contributed by atoms with Crippen LogP contribution in [0.1, 0.15) is 26.7 Å². The van der Waals surface area contributed by atoms with Crippen LogP contribution in [0.4, 0.5) is 5.69 Å². The molecule has 0 spiro atoms. The van der Waals surface area contributed by atoms with Crippen LogP contribution in [-0.4, -0.2) is 25.5 Å².